The molecule has 3 N–H and O–H groups in total. The Hall–Kier alpha value is -1.70. The third-order valence-corrected chi connectivity index (χ3v) is 3.86. The second-order valence-corrected chi connectivity index (χ2v) is 4.95. The molecule has 2 aromatic heterocycles. The fraction of sp³-hybridized carbons (Fsp3) is 0.333. The number of aryl methyl sites for hydroxylation is 1. The first-order valence-corrected chi connectivity index (χ1v) is 6.53. The summed E-state index contributed by atoms with van der Waals surface area (Å²) in [5.41, 5.74) is 8.11. The Morgan fingerprint density at radius 3 is 3.05 bits per heavy atom. The fourth-order valence-corrected chi connectivity index (χ4v) is 2.79. The highest BCUT2D eigenvalue weighted by atomic mass is 32.1. The van der Waals surface area contributed by atoms with Crippen molar-refractivity contribution in [1.82, 2.24) is 9.55 Å². The monoisotopic (exact) mass is 281 g/mol. The Morgan fingerprint density at radius 2 is 2.42 bits per heavy atom. The van der Waals surface area contributed by atoms with E-state index in [0.717, 1.165) is 5.56 Å². The zero-order chi connectivity index (χ0) is 14.0. The second kappa shape index (κ2) is 5.52. The van der Waals surface area contributed by atoms with E-state index in [1.54, 1.807) is 17.1 Å². The van der Waals surface area contributed by atoms with Crippen molar-refractivity contribution in [2.24, 2.45) is 5.73 Å². The number of carbonyl (C=O) groups excluding carboxylic acids is 1. The largest absolute Gasteiger partial charge is 0.465 e. The van der Waals surface area contributed by atoms with Crippen LogP contribution in [0, 0.1) is 6.92 Å². The number of methoxy groups -OCH3 is 1. The number of hydrogen-bond donors (Lipinski definition) is 2. The highest BCUT2D eigenvalue weighted by Gasteiger charge is 2.21. The first kappa shape index (κ1) is 13.7. The van der Waals surface area contributed by atoms with Crippen LogP contribution in [0.3, 0.4) is 0 Å². The zero-order valence-electron chi connectivity index (χ0n) is 10.7. The van der Waals surface area contributed by atoms with Crippen LogP contribution in [-0.4, -0.2) is 34.3 Å². The van der Waals surface area contributed by atoms with E-state index in [9.17, 15) is 4.79 Å². The normalized spacial score (nSPS) is 12.4. The van der Waals surface area contributed by atoms with Gasteiger partial charge in [-0.25, -0.2) is 9.78 Å². The van der Waals surface area contributed by atoms with Crippen LogP contribution < -0.4 is 5.73 Å². The Labute approximate surface area is 114 Å². The molecule has 0 fully saturated rings. The van der Waals surface area contributed by atoms with Crippen LogP contribution in [0.4, 0.5) is 0 Å². The molecule has 2 rings (SSSR count). The van der Waals surface area contributed by atoms with Crippen molar-refractivity contribution in [3.8, 4) is 5.69 Å². The van der Waals surface area contributed by atoms with Gasteiger partial charge in [-0.3, -0.25) is 4.57 Å². The fourth-order valence-electron chi connectivity index (χ4n) is 1.83. The van der Waals surface area contributed by atoms with Gasteiger partial charge in [0.05, 0.1) is 43.7 Å². The van der Waals surface area contributed by atoms with Gasteiger partial charge in [0.25, 0.3) is 0 Å². The van der Waals surface area contributed by atoms with E-state index < -0.39 is 12.0 Å². The number of esters is 1. The number of thiophene rings is 1. The Kier molecular flexibility index (Phi) is 3.98. The van der Waals surface area contributed by atoms with Crippen LogP contribution in [0.5, 0.6) is 0 Å². The molecule has 0 aromatic carbocycles. The maximum atomic E-state index is 11.8. The standard InChI is InChI=1S/C12H15N3O3S/c1-7-5-19-11(12(17)18-2)10(7)15-6-14-3-9(15)8(13)4-16/h3,5-6,8,16H,4,13H2,1-2H3. The van der Waals surface area contributed by atoms with Crippen LogP contribution in [0.2, 0.25) is 0 Å². The highest BCUT2D eigenvalue weighted by Crippen LogP contribution is 2.29. The molecule has 0 spiro atoms. The van der Waals surface area contributed by atoms with Gasteiger partial charge in [0.2, 0.25) is 0 Å². The molecule has 1 atom stereocenters. The number of hydrogen-bond acceptors (Lipinski definition) is 6. The minimum absolute atomic E-state index is 0.192. The van der Waals surface area contributed by atoms with Gasteiger partial charge >= 0.3 is 5.97 Å². The first-order chi connectivity index (χ1) is 9.10. The van der Waals surface area contributed by atoms with Crippen LogP contribution >= 0.6 is 11.3 Å². The summed E-state index contributed by atoms with van der Waals surface area (Å²) in [6.07, 6.45) is 3.16. The smallest absolute Gasteiger partial charge is 0.350 e. The Bertz CT molecular complexity index is 591. The molecule has 102 valence electrons. The van der Waals surface area contributed by atoms with Gasteiger partial charge in [0, 0.05) is 0 Å². The van der Waals surface area contributed by atoms with E-state index in [-0.39, 0.29) is 6.61 Å². The van der Waals surface area contributed by atoms with Crippen molar-refractivity contribution in [1.29, 1.82) is 0 Å². The molecule has 0 saturated heterocycles. The summed E-state index contributed by atoms with van der Waals surface area (Å²) in [5, 5.41) is 11.0. The number of nitrogens with zero attached hydrogens (tertiary/aromatic N) is 2. The summed E-state index contributed by atoms with van der Waals surface area (Å²) in [7, 11) is 1.34. The first-order valence-electron chi connectivity index (χ1n) is 5.65. The molecule has 0 saturated carbocycles. The summed E-state index contributed by atoms with van der Waals surface area (Å²) in [4.78, 5) is 16.3. The van der Waals surface area contributed by atoms with E-state index in [2.05, 4.69) is 4.98 Å². The van der Waals surface area contributed by atoms with Crippen molar-refractivity contribution < 1.29 is 14.6 Å². The van der Waals surface area contributed by atoms with Crippen LogP contribution in [-0.2, 0) is 4.74 Å². The highest BCUT2D eigenvalue weighted by molar-refractivity contribution is 7.12. The second-order valence-electron chi connectivity index (χ2n) is 4.07. The van der Waals surface area contributed by atoms with Crippen molar-refractivity contribution in [2.75, 3.05) is 13.7 Å². The summed E-state index contributed by atoms with van der Waals surface area (Å²) >= 11 is 1.31. The number of ether oxygens (including phenoxy) is 1. The number of aliphatic hydroxyl groups is 1. The molecule has 0 bridgehead atoms. The lowest BCUT2D eigenvalue weighted by atomic mass is 10.2. The maximum absolute atomic E-state index is 11.8. The number of nitrogens with two attached hydrogens (primary N) is 1. The van der Waals surface area contributed by atoms with Gasteiger partial charge in [-0.15, -0.1) is 11.3 Å². The molecule has 0 aliphatic rings. The number of aliphatic hydroxyl groups excluding tert-OH is 1. The molecule has 0 aliphatic heterocycles. The maximum Gasteiger partial charge on any atom is 0.350 e. The number of aromatic nitrogens is 2. The molecule has 1 unspecified atom stereocenters. The summed E-state index contributed by atoms with van der Waals surface area (Å²) in [6.45, 7) is 1.70. The SMILES string of the molecule is COC(=O)c1scc(C)c1-n1cncc1C(N)CO. The topological polar surface area (TPSA) is 90.4 Å². The average molecular weight is 281 g/mol. The van der Waals surface area contributed by atoms with E-state index >= 15 is 0 Å². The van der Waals surface area contributed by atoms with Crippen molar-refractivity contribution in [2.45, 2.75) is 13.0 Å². The summed E-state index contributed by atoms with van der Waals surface area (Å²) < 4.78 is 6.49. The molecule has 2 heterocycles. The van der Waals surface area contributed by atoms with Crippen LogP contribution in [0.25, 0.3) is 5.69 Å². The van der Waals surface area contributed by atoms with E-state index in [4.69, 9.17) is 15.6 Å². The lowest BCUT2D eigenvalue weighted by Crippen LogP contribution is -2.19. The van der Waals surface area contributed by atoms with Gasteiger partial charge in [-0.2, -0.15) is 0 Å². The van der Waals surface area contributed by atoms with Gasteiger partial charge in [0.1, 0.15) is 4.88 Å². The quantitative estimate of drug-likeness (QED) is 0.817. The lowest BCUT2D eigenvalue weighted by Gasteiger charge is -2.13. The van der Waals surface area contributed by atoms with Gasteiger partial charge in [-0.1, -0.05) is 0 Å². The third kappa shape index (κ3) is 2.40. The minimum atomic E-state index is -0.549. The average Bonchev–Trinajstić information content (AvgIpc) is 3.02. The zero-order valence-corrected chi connectivity index (χ0v) is 11.5. The van der Waals surface area contributed by atoms with Crippen LogP contribution in [0.1, 0.15) is 27.0 Å². The predicted molar refractivity (Wildman–Crippen MR) is 71.5 cm³/mol. The molecule has 19 heavy (non-hydrogen) atoms. The molecule has 0 radical (unpaired) electrons. The van der Waals surface area contributed by atoms with E-state index in [1.165, 1.54) is 18.4 Å². The van der Waals surface area contributed by atoms with E-state index in [1.807, 2.05) is 12.3 Å². The molecular formula is C12H15N3O3S. The van der Waals surface area contributed by atoms with Crippen molar-refractivity contribution in [3.05, 3.63) is 34.0 Å². The number of imidazole rings is 1. The van der Waals surface area contributed by atoms with Crippen molar-refractivity contribution >= 4 is 17.3 Å². The lowest BCUT2D eigenvalue weighted by molar-refractivity contribution is 0.0606. The Balaban J connectivity index is 2.56. The molecule has 7 heteroatoms. The third-order valence-electron chi connectivity index (χ3n) is 2.80. The Morgan fingerprint density at radius 1 is 1.68 bits per heavy atom. The van der Waals surface area contributed by atoms with Crippen molar-refractivity contribution in [3.63, 3.8) is 0 Å². The molecular weight excluding hydrogens is 266 g/mol. The van der Waals surface area contributed by atoms with Gasteiger partial charge < -0.3 is 15.6 Å². The van der Waals surface area contributed by atoms with Gasteiger partial charge in [-0.05, 0) is 17.9 Å². The molecule has 2 aromatic rings. The van der Waals surface area contributed by atoms with Gasteiger partial charge in [0.15, 0.2) is 0 Å². The number of rotatable bonds is 4. The van der Waals surface area contributed by atoms with Crippen LogP contribution in [0.15, 0.2) is 17.9 Å². The van der Waals surface area contributed by atoms with E-state index in [0.29, 0.717) is 16.3 Å². The summed E-state index contributed by atoms with van der Waals surface area (Å²) in [6, 6.07) is -0.549. The minimum Gasteiger partial charge on any atom is -0.465 e. The molecule has 0 amide bonds. The number of carbonyl (C=O) groups is 1. The predicted octanol–water partition coefficient (Wildman–Crippen LogP) is 1.02. The molecule has 6 nitrogen and oxygen atoms in total. The summed E-state index contributed by atoms with van der Waals surface area (Å²) in [5.74, 6) is -0.398. The molecule has 0 aliphatic carbocycles.